The average molecular weight is 453 g/mol. The molecule has 0 saturated carbocycles. The van der Waals surface area contributed by atoms with Crippen LogP contribution in [0.1, 0.15) is 59.0 Å². The van der Waals surface area contributed by atoms with Gasteiger partial charge in [-0.15, -0.1) is 0 Å². The molecule has 178 valence electrons. The predicted octanol–water partition coefficient (Wildman–Crippen LogP) is 1.54. The van der Waals surface area contributed by atoms with E-state index in [1.807, 2.05) is 13.8 Å². The second-order valence-corrected chi connectivity index (χ2v) is 9.10. The number of fused-ring (bicyclic) bond motifs is 1. The number of aromatic nitrogens is 2. The highest BCUT2D eigenvalue weighted by atomic mass is 16.7. The molecular formula is C21H32N4O7. The van der Waals surface area contributed by atoms with E-state index in [1.165, 1.54) is 4.68 Å². The van der Waals surface area contributed by atoms with Gasteiger partial charge in [-0.25, -0.2) is 9.59 Å². The summed E-state index contributed by atoms with van der Waals surface area (Å²) < 4.78 is 17.1. The predicted molar refractivity (Wildman–Crippen MR) is 114 cm³/mol. The van der Waals surface area contributed by atoms with E-state index < -0.39 is 35.9 Å². The van der Waals surface area contributed by atoms with E-state index in [0.717, 1.165) is 6.20 Å². The average Bonchev–Trinajstić information content (AvgIpc) is 2.66. The molecule has 11 nitrogen and oxygen atoms in total. The first-order valence-electron chi connectivity index (χ1n) is 10.5. The molecule has 0 aliphatic carbocycles. The monoisotopic (exact) mass is 452 g/mol. The smallest absolute Gasteiger partial charge is 0.408 e. The number of rotatable bonds is 7. The summed E-state index contributed by atoms with van der Waals surface area (Å²) in [6, 6.07) is -1.05. The van der Waals surface area contributed by atoms with Crippen LogP contribution in [0.3, 0.4) is 0 Å². The number of carbonyl (C=O) groups excluding carboxylic acids is 3. The van der Waals surface area contributed by atoms with Gasteiger partial charge in [-0.3, -0.25) is 14.3 Å². The molecule has 0 saturated heterocycles. The largest absolute Gasteiger partial charge is 0.451 e. The van der Waals surface area contributed by atoms with Gasteiger partial charge in [0, 0.05) is 12.6 Å². The lowest BCUT2D eigenvalue weighted by Gasteiger charge is -2.32. The molecule has 32 heavy (non-hydrogen) atoms. The molecule has 0 fully saturated rings. The summed E-state index contributed by atoms with van der Waals surface area (Å²) in [4.78, 5) is 51.3. The van der Waals surface area contributed by atoms with Gasteiger partial charge in [0.05, 0.1) is 12.7 Å². The third kappa shape index (κ3) is 6.21. The minimum absolute atomic E-state index is 0.0146. The van der Waals surface area contributed by atoms with Gasteiger partial charge in [0.2, 0.25) is 18.0 Å². The number of amides is 2. The van der Waals surface area contributed by atoms with E-state index in [4.69, 9.17) is 14.2 Å². The lowest BCUT2D eigenvalue weighted by atomic mass is 10.1. The van der Waals surface area contributed by atoms with Crippen LogP contribution >= 0.6 is 0 Å². The molecule has 0 spiro atoms. The SMILES string of the molecule is CC(C)[C@H](NC(=O)OC(C)(C)C)C(=O)OCOc1c2n(ncc1=O)CCN(C(C)C)C2=O. The topological polar surface area (TPSA) is 129 Å². The zero-order chi connectivity index (χ0) is 24.2. The Hall–Kier alpha value is -3.11. The van der Waals surface area contributed by atoms with Gasteiger partial charge in [0.15, 0.2) is 5.69 Å². The lowest BCUT2D eigenvalue weighted by molar-refractivity contribution is -0.154. The van der Waals surface area contributed by atoms with E-state index >= 15 is 0 Å². The number of nitrogens with one attached hydrogen (secondary N) is 1. The third-order valence-electron chi connectivity index (χ3n) is 4.65. The van der Waals surface area contributed by atoms with Crippen LogP contribution in [0.4, 0.5) is 4.79 Å². The van der Waals surface area contributed by atoms with Crippen molar-refractivity contribution >= 4 is 18.0 Å². The minimum atomic E-state index is -0.987. The fraction of sp³-hybridized carbons (Fsp3) is 0.667. The Balaban J connectivity index is 2.09. The molecule has 2 rings (SSSR count). The zero-order valence-corrected chi connectivity index (χ0v) is 19.6. The zero-order valence-electron chi connectivity index (χ0n) is 19.6. The van der Waals surface area contributed by atoms with Crippen molar-refractivity contribution in [3.8, 4) is 5.75 Å². The third-order valence-corrected chi connectivity index (χ3v) is 4.65. The summed E-state index contributed by atoms with van der Waals surface area (Å²) in [5.74, 6) is -1.67. The molecule has 0 aromatic carbocycles. The van der Waals surface area contributed by atoms with Crippen molar-refractivity contribution in [3.63, 3.8) is 0 Å². The second-order valence-electron chi connectivity index (χ2n) is 9.10. The highest BCUT2D eigenvalue weighted by Crippen LogP contribution is 2.20. The van der Waals surface area contributed by atoms with Crippen LogP contribution in [0, 0.1) is 5.92 Å². The summed E-state index contributed by atoms with van der Waals surface area (Å²) in [6.07, 6.45) is 0.301. The van der Waals surface area contributed by atoms with Gasteiger partial charge < -0.3 is 24.4 Å². The van der Waals surface area contributed by atoms with Crippen molar-refractivity contribution in [1.82, 2.24) is 20.0 Å². The highest BCUT2D eigenvalue weighted by molar-refractivity contribution is 5.95. The van der Waals surface area contributed by atoms with E-state index in [-0.39, 0.29) is 29.3 Å². The van der Waals surface area contributed by atoms with E-state index in [2.05, 4.69) is 10.4 Å². The molecule has 1 aliphatic heterocycles. The summed E-state index contributed by atoms with van der Waals surface area (Å²) >= 11 is 0. The molecule has 1 atom stereocenters. The summed E-state index contributed by atoms with van der Waals surface area (Å²) in [7, 11) is 0. The fourth-order valence-electron chi connectivity index (χ4n) is 3.09. The number of hydrogen-bond acceptors (Lipinski definition) is 8. The van der Waals surface area contributed by atoms with Crippen molar-refractivity contribution in [2.45, 2.75) is 72.7 Å². The molecule has 1 aromatic rings. The summed E-state index contributed by atoms with van der Waals surface area (Å²) in [6.45, 7) is 12.6. The molecule has 1 N–H and O–H groups in total. The van der Waals surface area contributed by atoms with Crippen LogP contribution in [-0.4, -0.2) is 63.7 Å². The number of esters is 1. The van der Waals surface area contributed by atoms with Gasteiger partial charge in [0.25, 0.3) is 5.91 Å². The molecule has 0 bridgehead atoms. The Morgan fingerprint density at radius 3 is 2.38 bits per heavy atom. The Kier molecular flexibility index (Phi) is 7.87. The van der Waals surface area contributed by atoms with Crippen LogP contribution in [0.15, 0.2) is 11.0 Å². The summed E-state index contributed by atoms with van der Waals surface area (Å²) in [5, 5.41) is 6.47. The molecular weight excluding hydrogens is 420 g/mol. The number of carbonyl (C=O) groups is 3. The van der Waals surface area contributed by atoms with Crippen molar-refractivity contribution in [2.24, 2.45) is 5.92 Å². The van der Waals surface area contributed by atoms with Crippen LogP contribution in [-0.2, 0) is 20.8 Å². The van der Waals surface area contributed by atoms with Crippen molar-refractivity contribution in [3.05, 3.63) is 22.1 Å². The van der Waals surface area contributed by atoms with Gasteiger partial charge in [-0.1, -0.05) is 13.8 Å². The summed E-state index contributed by atoms with van der Waals surface area (Å²) in [5.41, 5.74) is -1.31. The first kappa shape index (κ1) is 25.2. The van der Waals surface area contributed by atoms with Gasteiger partial charge in [-0.05, 0) is 40.5 Å². The normalized spacial score (nSPS) is 14.8. The molecule has 11 heteroatoms. The molecule has 1 aromatic heterocycles. The maximum Gasteiger partial charge on any atom is 0.408 e. The van der Waals surface area contributed by atoms with Crippen LogP contribution in [0.2, 0.25) is 0 Å². The van der Waals surface area contributed by atoms with Crippen molar-refractivity contribution in [2.75, 3.05) is 13.3 Å². The maximum absolute atomic E-state index is 12.8. The van der Waals surface area contributed by atoms with Crippen molar-refractivity contribution < 1.29 is 28.6 Å². The number of alkyl carbamates (subject to hydrolysis) is 1. The van der Waals surface area contributed by atoms with Crippen LogP contribution < -0.4 is 15.5 Å². The van der Waals surface area contributed by atoms with Crippen LogP contribution in [0.5, 0.6) is 5.75 Å². The highest BCUT2D eigenvalue weighted by Gasteiger charge is 2.32. The fourth-order valence-corrected chi connectivity index (χ4v) is 3.09. The van der Waals surface area contributed by atoms with Crippen molar-refractivity contribution in [1.29, 1.82) is 0 Å². The number of ether oxygens (including phenoxy) is 3. The Labute approximate surface area is 187 Å². The Bertz CT molecular complexity index is 918. The van der Waals surface area contributed by atoms with E-state index in [0.29, 0.717) is 13.1 Å². The van der Waals surface area contributed by atoms with Gasteiger partial charge in [-0.2, -0.15) is 5.10 Å². The van der Waals surface area contributed by atoms with Crippen LogP contribution in [0.25, 0.3) is 0 Å². The standard InChI is InChI=1S/C21H32N4O7/c1-12(2)15(23-20(29)32-21(5,6)7)19(28)31-11-30-17-14(26)10-22-25-9-8-24(13(3)4)18(27)16(17)25/h10,12-13,15H,8-9,11H2,1-7H3,(H,23,29)/t15-/m0/s1. The van der Waals surface area contributed by atoms with E-state index in [9.17, 15) is 19.2 Å². The molecule has 1 aliphatic rings. The molecule has 2 heterocycles. The van der Waals surface area contributed by atoms with E-state index in [1.54, 1.807) is 39.5 Å². The maximum atomic E-state index is 12.8. The number of nitrogens with zero attached hydrogens (tertiary/aromatic N) is 3. The molecule has 0 radical (unpaired) electrons. The first-order chi connectivity index (χ1) is 14.8. The minimum Gasteiger partial charge on any atom is -0.451 e. The lowest BCUT2D eigenvalue weighted by Crippen LogP contribution is -2.47. The van der Waals surface area contributed by atoms with Gasteiger partial charge >= 0.3 is 12.1 Å². The quantitative estimate of drug-likeness (QED) is 0.487. The van der Waals surface area contributed by atoms with Gasteiger partial charge in [0.1, 0.15) is 11.6 Å². The number of hydrogen-bond donors (Lipinski definition) is 1. The molecule has 2 amide bonds. The molecule has 0 unspecified atom stereocenters. The second kappa shape index (κ2) is 10.0. The Morgan fingerprint density at radius 2 is 1.81 bits per heavy atom. The Morgan fingerprint density at radius 1 is 1.16 bits per heavy atom. The first-order valence-corrected chi connectivity index (χ1v) is 10.5.